The van der Waals surface area contributed by atoms with Crippen molar-refractivity contribution in [3.63, 3.8) is 0 Å². The second kappa shape index (κ2) is 11.1. The number of rotatable bonds is 10. The number of carbonyl (C=O) groups excluding carboxylic acids is 1. The molecule has 0 aliphatic heterocycles. The number of benzene rings is 2. The summed E-state index contributed by atoms with van der Waals surface area (Å²) >= 11 is 0. The molecule has 1 atom stereocenters. The van der Waals surface area contributed by atoms with Gasteiger partial charge in [-0.3, -0.25) is 4.79 Å². The number of ether oxygens (including phenoxy) is 1. The highest BCUT2D eigenvalue weighted by Crippen LogP contribution is 2.41. The summed E-state index contributed by atoms with van der Waals surface area (Å²) in [6.45, 7) is 14.1. The monoisotopic (exact) mass is 452 g/mol. The zero-order chi connectivity index (χ0) is 24.8. The third-order valence-corrected chi connectivity index (χ3v) is 6.55. The maximum atomic E-state index is 12.3. The van der Waals surface area contributed by atoms with Crippen LogP contribution in [0.1, 0.15) is 75.3 Å². The van der Waals surface area contributed by atoms with Crippen molar-refractivity contribution in [2.45, 2.75) is 72.8 Å². The van der Waals surface area contributed by atoms with Gasteiger partial charge in [-0.15, -0.1) is 0 Å². The number of ketones is 1. The van der Waals surface area contributed by atoms with E-state index in [0.717, 1.165) is 29.5 Å². The Morgan fingerprint density at radius 1 is 1.00 bits per heavy atom. The van der Waals surface area contributed by atoms with Crippen LogP contribution in [0, 0.1) is 19.3 Å². The Balaban J connectivity index is 2.39. The summed E-state index contributed by atoms with van der Waals surface area (Å²) < 4.78 is 5.69. The van der Waals surface area contributed by atoms with Gasteiger partial charge >= 0.3 is 0 Å². The summed E-state index contributed by atoms with van der Waals surface area (Å²) in [5.41, 5.74) is 5.17. The molecule has 2 aromatic carbocycles. The number of allylic oxidation sites excluding steroid dienone is 1. The molecule has 0 aromatic heterocycles. The highest BCUT2D eigenvalue weighted by molar-refractivity contribution is 5.97. The molecule has 0 aliphatic carbocycles. The largest absolute Gasteiger partial charge is 0.491 e. The topological polar surface area (TPSA) is 66.8 Å². The standard InChI is InChI=1S/C29H40O4/c1-8-29(9-2,24-13-14-26(21(4)17-24)33-19-25(31)18-30)23-12-10-22(20(3)16-23)11-15-27(32)28(5,6)7/h10-17,25,30-31H,8-9,18-19H2,1-7H3/b15-11+/t25-/m1/s1. The van der Waals surface area contributed by atoms with Crippen LogP contribution in [0.5, 0.6) is 5.75 Å². The predicted molar refractivity (Wildman–Crippen MR) is 136 cm³/mol. The third-order valence-electron chi connectivity index (χ3n) is 6.55. The van der Waals surface area contributed by atoms with Gasteiger partial charge in [0.1, 0.15) is 18.5 Å². The van der Waals surface area contributed by atoms with Crippen LogP contribution in [0.2, 0.25) is 0 Å². The van der Waals surface area contributed by atoms with E-state index in [4.69, 9.17) is 9.84 Å². The quantitative estimate of drug-likeness (QED) is 0.449. The van der Waals surface area contributed by atoms with Gasteiger partial charge in [-0.1, -0.05) is 71.0 Å². The Hall–Kier alpha value is -2.43. The smallest absolute Gasteiger partial charge is 0.161 e. The van der Waals surface area contributed by atoms with E-state index in [1.165, 1.54) is 11.1 Å². The Morgan fingerprint density at radius 3 is 2.06 bits per heavy atom. The highest BCUT2D eigenvalue weighted by atomic mass is 16.5. The minimum absolute atomic E-state index is 0.0648. The molecular formula is C29H40O4. The molecule has 0 fully saturated rings. The molecular weight excluding hydrogens is 412 g/mol. The van der Waals surface area contributed by atoms with Crippen molar-refractivity contribution >= 4 is 11.9 Å². The Morgan fingerprint density at radius 2 is 1.58 bits per heavy atom. The molecule has 2 aromatic rings. The molecule has 0 radical (unpaired) electrons. The van der Waals surface area contributed by atoms with Crippen LogP contribution in [0.25, 0.3) is 6.08 Å². The van der Waals surface area contributed by atoms with Gasteiger partial charge in [-0.05, 0) is 66.6 Å². The highest BCUT2D eigenvalue weighted by Gasteiger charge is 2.31. The third kappa shape index (κ3) is 6.33. The lowest BCUT2D eigenvalue weighted by Crippen LogP contribution is -2.26. The summed E-state index contributed by atoms with van der Waals surface area (Å²) in [6.07, 6.45) is 4.62. The fraction of sp³-hybridized carbons (Fsp3) is 0.483. The van der Waals surface area contributed by atoms with Gasteiger partial charge in [0, 0.05) is 10.8 Å². The number of hydrogen-bond donors (Lipinski definition) is 2. The molecule has 0 heterocycles. The molecule has 180 valence electrons. The zero-order valence-electron chi connectivity index (χ0n) is 21.2. The molecule has 4 heteroatoms. The SMILES string of the molecule is CCC(CC)(c1ccc(/C=C/C(=O)C(C)(C)C)c(C)c1)c1ccc(OC[C@H](O)CO)c(C)c1. The summed E-state index contributed by atoms with van der Waals surface area (Å²) in [5.74, 6) is 0.833. The Labute approximate surface area is 199 Å². The minimum atomic E-state index is -0.885. The lowest BCUT2D eigenvalue weighted by molar-refractivity contribution is -0.121. The fourth-order valence-corrected chi connectivity index (χ4v) is 4.16. The van der Waals surface area contributed by atoms with E-state index in [-0.39, 0.29) is 29.8 Å². The first-order valence-electron chi connectivity index (χ1n) is 11.8. The van der Waals surface area contributed by atoms with Crippen molar-refractivity contribution in [3.05, 3.63) is 70.3 Å². The number of carbonyl (C=O) groups is 1. The van der Waals surface area contributed by atoms with Gasteiger partial charge in [0.05, 0.1) is 6.61 Å². The number of hydrogen-bond acceptors (Lipinski definition) is 4. The van der Waals surface area contributed by atoms with Crippen LogP contribution in [-0.2, 0) is 10.2 Å². The van der Waals surface area contributed by atoms with E-state index in [2.05, 4.69) is 51.1 Å². The van der Waals surface area contributed by atoms with Crippen LogP contribution >= 0.6 is 0 Å². The average molecular weight is 453 g/mol. The van der Waals surface area contributed by atoms with Crippen LogP contribution in [0.4, 0.5) is 0 Å². The molecule has 0 unspecified atom stereocenters. The summed E-state index contributed by atoms with van der Waals surface area (Å²) in [5, 5.41) is 18.6. The maximum Gasteiger partial charge on any atom is 0.161 e. The van der Waals surface area contributed by atoms with Crippen LogP contribution in [-0.4, -0.2) is 35.3 Å². The molecule has 0 bridgehead atoms. The van der Waals surface area contributed by atoms with E-state index in [0.29, 0.717) is 5.75 Å². The molecule has 33 heavy (non-hydrogen) atoms. The molecule has 2 rings (SSSR count). The molecule has 0 saturated carbocycles. The molecule has 0 aliphatic rings. The Bertz CT molecular complexity index is 978. The minimum Gasteiger partial charge on any atom is -0.491 e. The second-order valence-corrected chi connectivity index (χ2v) is 9.94. The molecule has 0 saturated heterocycles. The number of aliphatic hydroxyl groups is 2. The van der Waals surface area contributed by atoms with Crippen molar-refractivity contribution in [2.75, 3.05) is 13.2 Å². The first kappa shape index (κ1) is 26.8. The van der Waals surface area contributed by atoms with E-state index < -0.39 is 6.10 Å². The van der Waals surface area contributed by atoms with E-state index >= 15 is 0 Å². The van der Waals surface area contributed by atoms with Crippen molar-refractivity contribution in [1.82, 2.24) is 0 Å². The van der Waals surface area contributed by atoms with E-state index in [9.17, 15) is 9.90 Å². The van der Waals surface area contributed by atoms with Crippen molar-refractivity contribution < 1.29 is 19.7 Å². The zero-order valence-corrected chi connectivity index (χ0v) is 21.2. The Kier molecular flexibility index (Phi) is 9.04. The van der Waals surface area contributed by atoms with Crippen LogP contribution < -0.4 is 4.74 Å². The van der Waals surface area contributed by atoms with Gasteiger partial charge < -0.3 is 14.9 Å². The number of aryl methyl sites for hydroxylation is 2. The molecule has 2 N–H and O–H groups in total. The first-order chi connectivity index (χ1) is 15.5. The van der Waals surface area contributed by atoms with E-state index in [1.54, 1.807) is 6.08 Å². The normalized spacial score (nSPS) is 13.4. The average Bonchev–Trinajstić information content (AvgIpc) is 2.78. The van der Waals surface area contributed by atoms with Gasteiger partial charge in [0.25, 0.3) is 0 Å². The van der Waals surface area contributed by atoms with Gasteiger partial charge in [-0.2, -0.15) is 0 Å². The predicted octanol–water partition coefficient (Wildman–Crippen LogP) is 5.77. The molecule has 0 spiro atoms. The number of aliphatic hydroxyl groups excluding tert-OH is 2. The molecule has 0 amide bonds. The summed E-state index contributed by atoms with van der Waals surface area (Å²) in [7, 11) is 0. The lowest BCUT2D eigenvalue weighted by Gasteiger charge is -2.34. The van der Waals surface area contributed by atoms with Crippen molar-refractivity contribution in [1.29, 1.82) is 0 Å². The maximum absolute atomic E-state index is 12.3. The lowest BCUT2D eigenvalue weighted by atomic mass is 9.70. The first-order valence-corrected chi connectivity index (χ1v) is 11.8. The van der Waals surface area contributed by atoms with Crippen molar-refractivity contribution in [2.24, 2.45) is 5.41 Å². The van der Waals surface area contributed by atoms with Gasteiger partial charge in [0.15, 0.2) is 5.78 Å². The summed E-state index contributed by atoms with van der Waals surface area (Å²) in [4.78, 5) is 12.3. The van der Waals surface area contributed by atoms with E-state index in [1.807, 2.05) is 39.8 Å². The summed E-state index contributed by atoms with van der Waals surface area (Å²) in [6, 6.07) is 12.8. The van der Waals surface area contributed by atoms with Gasteiger partial charge in [-0.25, -0.2) is 0 Å². The van der Waals surface area contributed by atoms with Gasteiger partial charge in [0.2, 0.25) is 0 Å². The van der Waals surface area contributed by atoms with Crippen LogP contribution in [0.15, 0.2) is 42.5 Å². The fourth-order valence-electron chi connectivity index (χ4n) is 4.16. The second-order valence-electron chi connectivity index (χ2n) is 9.94. The van der Waals surface area contributed by atoms with Crippen LogP contribution in [0.3, 0.4) is 0 Å². The van der Waals surface area contributed by atoms with Crippen molar-refractivity contribution in [3.8, 4) is 5.75 Å². The molecule has 4 nitrogen and oxygen atoms in total.